The molecule has 0 aliphatic carbocycles. The number of nitrogens with zero attached hydrogens (tertiary/aromatic N) is 3. The van der Waals surface area contributed by atoms with Crippen LogP contribution in [0.1, 0.15) is 42.3 Å². The van der Waals surface area contributed by atoms with Gasteiger partial charge in [0.05, 0.1) is 26.4 Å². The molecule has 1 heterocycles. The molecule has 3 aromatic rings. The monoisotopic (exact) mass is 473 g/mol. The standard InChI is InChI=1S/C24H31N3O3S2/c1-6-26(7-2)15-16-27(24-25-22-18(5)17(4)13-14-20(22)31-24)23(28)19-11-9-10-12-21(19)32(29,30)8-3/h9-14H,6-8,15-16H2,1-5H3. The fraction of sp³-hybridized carbons (Fsp3) is 0.417. The molecule has 0 radical (unpaired) electrons. The maximum atomic E-state index is 13.8. The first-order valence-corrected chi connectivity index (χ1v) is 13.4. The van der Waals surface area contributed by atoms with Gasteiger partial charge in [0.15, 0.2) is 15.0 Å². The lowest BCUT2D eigenvalue weighted by Gasteiger charge is -2.25. The molecule has 0 N–H and O–H groups in total. The molecule has 0 atom stereocenters. The van der Waals surface area contributed by atoms with Crippen molar-refractivity contribution in [1.82, 2.24) is 9.88 Å². The van der Waals surface area contributed by atoms with Gasteiger partial charge in [-0.2, -0.15) is 0 Å². The van der Waals surface area contributed by atoms with Gasteiger partial charge in [-0.3, -0.25) is 9.69 Å². The highest BCUT2D eigenvalue weighted by Gasteiger charge is 2.27. The number of benzene rings is 2. The first-order chi connectivity index (χ1) is 15.2. The van der Waals surface area contributed by atoms with Gasteiger partial charge in [0.2, 0.25) is 0 Å². The summed E-state index contributed by atoms with van der Waals surface area (Å²) >= 11 is 1.46. The first kappa shape index (κ1) is 24.4. The topological polar surface area (TPSA) is 70.6 Å². The van der Waals surface area contributed by atoms with E-state index < -0.39 is 9.84 Å². The predicted molar refractivity (Wildman–Crippen MR) is 133 cm³/mol. The van der Waals surface area contributed by atoms with Crippen LogP contribution in [-0.4, -0.2) is 56.1 Å². The lowest BCUT2D eigenvalue weighted by Crippen LogP contribution is -2.39. The van der Waals surface area contributed by atoms with Gasteiger partial charge >= 0.3 is 0 Å². The van der Waals surface area contributed by atoms with E-state index in [0.29, 0.717) is 18.2 Å². The number of fused-ring (bicyclic) bond motifs is 1. The summed E-state index contributed by atoms with van der Waals surface area (Å²) in [7, 11) is -3.54. The second-order valence-electron chi connectivity index (χ2n) is 7.73. The Balaban J connectivity index is 2.10. The maximum absolute atomic E-state index is 13.8. The average molecular weight is 474 g/mol. The van der Waals surface area contributed by atoms with Gasteiger partial charge in [0.25, 0.3) is 5.91 Å². The minimum atomic E-state index is -3.54. The lowest BCUT2D eigenvalue weighted by molar-refractivity contribution is 0.0980. The van der Waals surface area contributed by atoms with Crippen LogP contribution in [-0.2, 0) is 9.84 Å². The quantitative estimate of drug-likeness (QED) is 0.451. The number of anilines is 1. The summed E-state index contributed by atoms with van der Waals surface area (Å²) in [5, 5.41) is 0.592. The molecule has 32 heavy (non-hydrogen) atoms. The maximum Gasteiger partial charge on any atom is 0.261 e. The molecule has 0 spiro atoms. The number of likely N-dealkylation sites (N-methyl/N-ethyl adjacent to an activating group) is 1. The third kappa shape index (κ3) is 4.87. The zero-order valence-electron chi connectivity index (χ0n) is 19.4. The van der Waals surface area contributed by atoms with Crippen LogP contribution in [0.2, 0.25) is 0 Å². The van der Waals surface area contributed by atoms with Crippen molar-refractivity contribution >= 4 is 42.4 Å². The van der Waals surface area contributed by atoms with Crippen molar-refractivity contribution in [2.45, 2.75) is 39.5 Å². The molecule has 1 aromatic heterocycles. The average Bonchev–Trinajstić information content (AvgIpc) is 3.23. The normalized spacial score (nSPS) is 11.9. The molecule has 6 nitrogen and oxygen atoms in total. The van der Waals surface area contributed by atoms with Gasteiger partial charge in [-0.25, -0.2) is 13.4 Å². The van der Waals surface area contributed by atoms with Crippen LogP contribution in [0.15, 0.2) is 41.3 Å². The molecule has 0 unspecified atom stereocenters. The number of amides is 1. The van der Waals surface area contributed by atoms with E-state index in [1.807, 2.05) is 19.9 Å². The Morgan fingerprint density at radius 3 is 2.34 bits per heavy atom. The van der Waals surface area contributed by atoms with E-state index >= 15 is 0 Å². The van der Waals surface area contributed by atoms with Crippen molar-refractivity contribution in [3.05, 3.63) is 53.1 Å². The van der Waals surface area contributed by atoms with Crippen molar-refractivity contribution < 1.29 is 13.2 Å². The number of hydrogen-bond donors (Lipinski definition) is 0. The molecule has 0 aliphatic rings. The molecular formula is C24H31N3O3S2. The highest BCUT2D eigenvalue weighted by molar-refractivity contribution is 7.91. The van der Waals surface area contributed by atoms with E-state index in [9.17, 15) is 13.2 Å². The number of carbonyl (C=O) groups excluding carboxylic acids is 1. The Hall–Kier alpha value is -2.29. The summed E-state index contributed by atoms with van der Waals surface area (Å²) in [6, 6.07) is 10.6. The molecule has 0 saturated carbocycles. The summed E-state index contributed by atoms with van der Waals surface area (Å²) in [6.07, 6.45) is 0. The number of rotatable bonds is 9. The van der Waals surface area contributed by atoms with Crippen LogP contribution in [0, 0.1) is 13.8 Å². The van der Waals surface area contributed by atoms with E-state index in [1.165, 1.54) is 17.4 Å². The van der Waals surface area contributed by atoms with E-state index in [1.54, 1.807) is 30.0 Å². The first-order valence-electron chi connectivity index (χ1n) is 11.0. The summed E-state index contributed by atoms with van der Waals surface area (Å²) in [4.78, 5) is 22.5. The molecule has 2 aromatic carbocycles. The van der Waals surface area contributed by atoms with Crippen LogP contribution in [0.4, 0.5) is 5.13 Å². The Labute approximate surface area is 194 Å². The lowest BCUT2D eigenvalue weighted by atomic mass is 10.1. The van der Waals surface area contributed by atoms with E-state index in [4.69, 9.17) is 4.98 Å². The number of hydrogen-bond acceptors (Lipinski definition) is 6. The van der Waals surface area contributed by atoms with Crippen LogP contribution < -0.4 is 4.90 Å². The molecule has 8 heteroatoms. The van der Waals surface area contributed by atoms with E-state index in [2.05, 4.69) is 24.8 Å². The SMILES string of the molecule is CCN(CC)CCN(C(=O)c1ccccc1S(=O)(=O)CC)c1nc2c(C)c(C)ccc2s1. The molecule has 0 bridgehead atoms. The zero-order chi connectivity index (χ0) is 23.5. The minimum absolute atomic E-state index is 0.0592. The molecule has 172 valence electrons. The number of carbonyl (C=O) groups is 1. The number of thiazole rings is 1. The molecule has 0 saturated heterocycles. The Kier molecular flexibility index (Phi) is 7.69. The third-order valence-electron chi connectivity index (χ3n) is 5.92. The summed E-state index contributed by atoms with van der Waals surface area (Å²) < 4.78 is 26.4. The van der Waals surface area contributed by atoms with E-state index in [-0.39, 0.29) is 22.1 Å². The predicted octanol–water partition coefficient (Wildman–Crippen LogP) is 4.70. The van der Waals surface area contributed by atoms with Gasteiger partial charge in [0, 0.05) is 13.1 Å². The summed E-state index contributed by atoms with van der Waals surface area (Å²) in [5.74, 6) is -0.394. The van der Waals surface area contributed by atoms with Crippen molar-refractivity contribution in [3.63, 3.8) is 0 Å². The molecule has 0 aliphatic heterocycles. The van der Waals surface area contributed by atoms with Gasteiger partial charge in [-0.15, -0.1) is 0 Å². The number of aromatic nitrogens is 1. The molecule has 3 rings (SSSR count). The second kappa shape index (κ2) is 10.1. The smallest absolute Gasteiger partial charge is 0.261 e. The molecule has 1 amide bonds. The van der Waals surface area contributed by atoms with Gasteiger partial charge in [-0.05, 0) is 56.3 Å². The fourth-order valence-electron chi connectivity index (χ4n) is 3.61. The zero-order valence-corrected chi connectivity index (χ0v) is 21.0. The highest BCUT2D eigenvalue weighted by atomic mass is 32.2. The summed E-state index contributed by atoms with van der Waals surface area (Å²) in [5.41, 5.74) is 3.33. The van der Waals surface area contributed by atoms with Gasteiger partial charge in [0.1, 0.15) is 0 Å². The molecule has 0 fully saturated rings. The van der Waals surface area contributed by atoms with Crippen molar-refractivity contribution in [2.75, 3.05) is 36.8 Å². The van der Waals surface area contributed by atoms with Crippen LogP contribution >= 0.6 is 11.3 Å². The van der Waals surface area contributed by atoms with Gasteiger partial charge < -0.3 is 4.90 Å². The Morgan fingerprint density at radius 1 is 1.00 bits per heavy atom. The van der Waals surface area contributed by atoms with Crippen molar-refractivity contribution in [1.29, 1.82) is 0 Å². The van der Waals surface area contributed by atoms with Gasteiger partial charge in [-0.1, -0.05) is 50.3 Å². The van der Waals surface area contributed by atoms with Crippen molar-refractivity contribution in [3.8, 4) is 0 Å². The Morgan fingerprint density at radius 2 is 1.69 bits per heavy atom. The molecular weight excluding hydrogens is 442 g/mol. The van der Waals surface area contributed by atoms with E-state index in [0.717, 1.165) is 34.4 Å². The van der Waals surface area contributed by atoms with Crippen LogP contribution in [0.5, 0.6) is 0 Å². The van der Waals surface area contributed by atoms with Crippen LogP contribution in [0.25, 0.3) is 10.2 Å². The summed E-state index contributed by atoms with van der Waals surface area (Å²) in [6.45, 7) is 12.7. The third-order valence-corrected chi connectivity index (χ3v) is 8.75. The number of sulfone groups is 1. The number of aryl methyl sites for hydroxylation is 2. The Bertz CT molecular complexity index is 1210. The van der Waals surface area contributed by atoms with Crippen molar-refractivity contribution in [2.24, 2.45) is 0 Å². The fourth-order valence-corrected chi connectivity index (χ4v) is 5.75. The second-order valence-corrected chi connectivity index (χ2v) is 11.0. The largest absolute Gasteiger partial charge is 0.302 e. The highest BCUT2D eigenvalue weighted by Crippen LogP contribution is 2.33. The minimum Gasteiger partial charge on any atom is -0.302 e. The van der Waals surface area contributed by atoms with Crippen LogP contribution in [0.3, 0.4) is 0 Å².